The van der Waals surface area contributed by atoms with Crippen LogP contribution >= 0.6 is 0 Å². The lowest BCUT2D eigenvalue weighted by Gasteiger charge is -2.32. The van der Waals surface area contributed by atoms with Crippen LogP contribution in [0, 0.1) is 17.2 Å². The van der Waals surface area contributed by atoms with Crippen LogP contribution in [0.2, 0.25) is 0 Å². The van der Waals surface area contributed by atoms with Crippen molar-refractivity contribution in [3.63, 3.8) is 0 Å². The van der Waals surface area contributed by atoms with Gasteiger partial charge in [-0.2, -0.15) is 5.26 Å². The van der Waals surface area contributed by atoms with Gasteiger partial charge < -0.3 is 9.64 Å². The second-order valence-electron chi connectivity index (χ2n) is 6.98. The van der Waals surface area contributed by atoms with E-state index in [0.717, 1.165) is 37.1 Å². The van der Waals surface area contributed by atoms with E-state index < -0.39 is 6.10 Å². The summed E-state index contributed by atoms with van der Waals surface area (Å²) in [5.74, 6) is 1.45. The lowest BCUT2D eigenvalue weighted by Crippen LogP contribution is -2.44. The molecule has 1 amide bonds. The van der Waals surface area contributed by atoms with Crippen molar-refractivity contribution >= 4 is 5.91 Å². The third-order valence-electron chi connectivity index (χ3n) is 4.96. The fourth-order valence-electron chi connectivity index (χ4n) is 3.20. The molecule has 2 aromatic carbocycles. The lowest BCUT2D eigenvalue weighted by atomic mass is 9.99. The van der Waals surface area contributed by atoms with Gasteiger partial charge in [-0.25, -0.2) is 0 Å². The van der Waals surface area contributed by atoms with Crippen LogP contribution in [0.25, 0.3) is 11.1 Å². The van der Waals surface area contributed by atoms with E-state index in [1.54, 1.807) is 12.1 Å². The Morgan fingerprint density at radius 2 is 1.62 bits per heavy atom. The van der Waals surface area contributed by atoms with Gasteiger partial charge in [-0.15, -0.1) is 0 Å². The fourth-order valence-corrected chi connectivity index (χ4v) is 3.20. The standard InChI is InChI=1S/C22H24N2O2/c1-16-11-13-24(14-12-16)22(25)17(2)26-21-9-7-20(8-10-21)19-5-3-18(15-23)4-6-19/h3-10,16-17H,11-14H2,1-2H3. The molecule has 0 spiro atoms. The summed E-state index contributed by atoms with van der Waals surface area (Å²) >= 11 is 0. The largest absolute Gasteiger partial charge is 0.481 e. The van der Waals surface area contributed by atoms with Crippen LogP contribution in [0.5, 0.6) is 5.75 Å². The summed E-state index contributed by atoms with van der Waals surface area (Å²) < 4.78 is 5.85. The minimum absolute atomic E-state index is 0.0630. The SMILES string of the molecule is CC1CCN(C(=O)C(C)Oc2ccc(-c3ccc(C#N)cc3)cc2)CC1. The van der Waals surface area contributed by atoms with Gasteiger partial charge in [0.1, 0.15) is 5.75 Å². The lowest BCUT2D eigenvalue weighted by molar-refractivity contribution is -0.139. The zero-order valence-electron chi connectivity index (χ0n) is 15.3. The van der Waals surface area contributed by atoms with Gasteiger partial charge in [0, 0.05) is 13.1 Å². The highest BCUT2D eigenvalue weighted by molar-refractivity contribution is 5.81. The van der Waals surface area contributed by atoms with Crippen LogP contribution in [0.15, 0.2) is 48.5 Å². The minimum atomic E-state index is -0.482. The van der Waals surface area contributed by atoms with E-state index in [-0.39, 0.29) is 5.91 Å². The normalized spacial score (nSPS) is 16.0. The Morgan fingerprint density at radius 1 is 1.08 bits per heavy atom. The number of nitrogens with zero attached hydrogens (tertiary/aromatic N) is 2. The van der Waals surface area contributed by atoms with Crippen molar-refractivity contribution in [3.8, 4) is 22.9 Å². The number of amides is 1. The highest BCUT2D eigenvalue weighted by Gasteiger charge is 2.25. The molecule has 0 N–H and O–H groups in total. The first kappa shape index (κ1) is 18.0. The van der Waals surface area contributed by atoms with Crippen molar-refractivity contribution in [2.75, 3.05) is 13.1 Å². The Kier molecular flexibility index (Phi) is 5.58. The number of carbonyl (C=O) groups is 1. The smallest absolute Gasteiger partial charge is 0.263 e. The van der Waals surface area contributed by atoms with Gasteiger partial charge in [-0.3, -0.25) is 4.79 Å². The number of piperidine rings is 1. The second-order valence-corrected chi connectivity index (χ2v) is 6.98. The molecule has 1 aliphatic rings. The molecule has 1 fully saturated rings. The van der Waals surface area contributed by atoms with Crippen LogP contribution in [0.1, 0.15) is 32.3 Å². The van der Waals surface area contributed by atoms with Crippen molar-refractivity contribution < 1.29 is 9.53 Å². The van der Waals surface area contributed by atoms with Crippen LogP contribution < -0.4 is 4.74 Å². The molecule has 0 bridgehead atoms. The van der Waals surface area contributed by atoms with E-state index in [1.165, 1.54) is 0 Å². The predicted octanol–water partition coefficient (Wildman–Crippen LogP) is 4.25. The van der Waals surface area contributed by atoms with Crippen molar-refractivity contribution in [3.05, 3.63) is 54.1 Å². The molecule has 1 atom stereocenters. The van der Waals surface area contributed by atoms with E-state index >= 15 is 0 Å². The van der Waals surface area contributed by atoms with Gasteiger partial charge in [0.15, 0.2) is 6.10 Å². The van der Waals surface area contributed by atoms with Crippen molar-refractivity contribution in [2.45, 2.75) is 32.8 Å². The number of nitriles is 1. The summed E-state index contributed by atoms with van der Waals surface area (Å²) in [6, 6.07) is 17.3. The van der Waals surface area contributed by atoms with Crippen molar-refractivity contribution in [1.29, 1.82) is 5.26 Å². The summed E-state index contributed by atoms with van der Waals surface area (Å²) in [4.78, 5) is 14.4. The first-order chi connectivity index (χ1) is 12.6. The summed E-state index contributed by atoms with van der Waals surface area (Å²) in [7, 11) is 0. The Labute approximate surface area is 155 Å². The summed E-state index contributed by atoms with van der Waals surface area (Å²) in [5, 5.41) is 8.87. The van der Waals surface area contributed by atoms with E-state index in [0.29, 0.717) is 17.2 Å². The van der Waals surface area contributed by atoms with Crippen LogP contribution in [0.4, 0.5) is 0 Å². The van der Waals surface area contributed by atoms with E-state index in [9.17, 15) is 4.79 Å². The van der Waals surface area contributed by atoms with Gasteiger partial charge in [0.25, 0.3) is 5.91 Å². The maximum Gasteiger partial charge on any atom is 0.263 e. The van der Waals surface area contributed by atoms with Gasteiger partial charge in [0.2, 0.25) is 0 Å². The van der Waals surface area contributed by atoms with E-state index in [2.05, 4.69) is 13.0 Å². The van der Waals surface area contributed by atoms with E-state index in [4.69, 9.17) is 10.00 Å². The zero-order chi connectivity index (χ0) is 18.5. The molecule has 0 saturated carbocycles. The topological polar surface area (TPSA) is 53.3 Å². The van der Waals surface area contributed by atoms with Gasteiger partial charge in [0.05, 0.1) is 11.6 Å². The number of hydrogen-bond donors (Lipinski definition) is 0. The molecule has 1 unspecified atom stereocenters. The molecule has 134 valence electrons. The van der Waals surface area contributed by atoms with Crippen LogP contribution in [0.3, 0.4) is 0 Å². The number of likely N-dealkylation sites (tertiary alicyclic amines) is 1. The average molecular weight is 348 g/mol. The van der Waals surface area contributed by atoms with Crippen molar-refractivity contribution in [2.24, 2.45) is 5.92 Å². The van der Waals surface area contributed by atoms with Gasteiger partial charge in [-0.1, -0.05) is 31.2 Å². The third kappa shape index (κ3) is 4.23. The number of ether oxygens (including phenoxy) is 1. The van der Waals surface area contributed by atoms with Crippen molar-refractivity contribution in [1.82, 2.24) is 4.90 Å². The molecule has 0 aromatic heterocycles. The third-order valence-corrected chi connectivity index (χ3v) is 4.96. The molecule has 1 saturated heterocycles. The van der Waals surface area contributed by atoms with Gasteiger partial charge >= 0.3 is 0 Å². The Bertz CT molecular complexity index is 782. The maximum absolute atomic E-state index is 12.5. The number of hydrogen-bond acceptors (Lipinski definition) is 3. The number of benzene rings is 2. The molecular weight excluding hydrogens is 324 g/mol. The summed E-state index contributed by atoms with van der Waals surface area (Å²) in [5.41, 5.74) is 2.74. The summed E-state index contributed by atoms with van der Waals surface area (Å²) in [6.07, 6.45) is 1.65. The van der Waals surface area contributed by atoms with E-state index in [1.807, 2.05) is 48.2 Å². The molecule has 1 heterocycles. The highest BCUT2D eigenvalue weighted by atomic mass is 16.5. The van der Waals surface area contributed by atoms with Crippen LogP contribution in [-0.4, -0.2) is 30.0 Å². The first-order valence-electron chi connectivity index (χ1n) is 9.13. The van der Waals surface area contributed by atoms with Gasteiger partial charge in [-0.05, 0) is 61.1 Å². The molecule has 0 aliphatic carbocycles. The number of rotatable bonds is 4. The molecule has 2 aromatic rings. The molecule has 0 radical (unpaired) electrons. The molecule has 26 heavy (non-hydrogen) atoms. The Balaban J connectivity index is 1.61. The Morgan fingerprint density at radius 3 is 2.15 bits per heavy atom. The summed E-state index contributed by atoms with van der Waals surface area (Å²) in [6.45, 7) is 5.70. The average Bonchev–Trinajstić information content (AvgIpc) is 2.68. The molecule has 3 rings (SSSR count). The highest BCUT2D eigenvalue weighted by Crippen LogP contribution is 2.24. The maximum atomic E-state index is 12.5. The first-order valence-corrected chi connectivity index (χ1v) is 9.13. The quantitative estimate of drug-likeness (QED) is 0.830. The second kappa shape index (κ2) is 8.05. The minimum Gasteiger partial charge on any atom is -0.481 e. The predicted molar refractivity (Wildman–Crippen MR) is 102 cm³/mol. The van der Waals surface area contributed by atoms with Crippen LogP contribution in [-0.2, 0) is 4.79 Å². The number of carbonyl (C=O) groups excluding carboxylic acids is 1. The fraction of sp³-hybridized carbons (Fsp3) is 0.364. The monoisotopic (exact) mass is 348 g/mol. The molecule has 4 nitrogen and oxygen atoms in total. The molecule has 4 heteroatoms. The Hall–Kier alpha value is -2.80. The molecular formula is C22H24N2O2. The zero-order valence-corrected chi connectivity index (χ0v) is 15.3. The molecule has 1 aliphatic heterocycles.